The van der Waals surface area contributed by atoms with Gasteiger partial charge in [0.2, 0.25) is 0 Å². The van der Waals surface area contributed by atoms with Gasteiger partial charge in [0, 0.05) is 23.8 Å². The molecule has 0 saturated heterocycles. The molecule has 5 aromatic rings. The zero-order valence-electron chi connectivity index (χ0n) is 20.5. The van der Waals surface area contributed by atoms with Crippen molar-refractivity contribution >= 4 is 16.8 Å². The van der Waals surface area contributed by atoms with Crippen LogP contribution in [0.15, 0.2) is 75.9 Å². The number of hydrogen-bond donors (Lipinski definition) is 6. The second-order valence-corrected chi connectivity index (χ2v) is 9.33. The summed E-state index contributed by atoms with van der Waals surface area (Å²) in [5.74, 6) is -3.14. The zero-order valence-corrected chi connectivity index (χ0v) is 20.5. The van der Waals surface area contributed by atoms with Crippen molar-refractivity contribution in [1.29, 1.82) is 0 Å². The highest BCUT2D eigenvalue weighted by atomic mass is 16.5. The molecule has 0 saturated carbocycles. The van der Waals surface area contributed by atoms with Crippen molar-refractivity contribution in [3.63, 3.8) is 0 Å². The molecule has 40 heavy (non-hydrogen) atoms. The number of aromatic hydroxyl groups is 6. The normalized spacial score (nSPS) is 14.6. The minimum Gasteiger partial charge on any atom is -0.508 e. The molecule has 6 rings (SSSR count). The number of ether oxygens (including phenoxy) is 1. The summed E-state index contributed by atoms with van der Waals surface area (Å²) in [7, 11) is 0. The van der Waals surface area contributed by atoms with E-state index in [0.717, 1.165) is 18.2 Å². The van der Waals surface area contributed by atoms with E-state index < -0.39 is 40.3 Å². The summed E-state index contributed by atoms with van der Waals surface area (Å²) in [5.41, 5.74) is -0.849. The average molecular weight is 540 g/mol. The number of fused-ring (bicyclic) bond motifs is 2. The Balaban J connectivity index is 1.65. The van der Waals surface area contributed by atoms with Crippen LogP contribution in [0.1, 0.15) is 28.4 Å². The van der Waals surface area contributed by atoms with Crippen molar-refractivity contribution in [2.45, 2.75) is 12.5 Å². The van der Waals surface area contributed by atoms with Gasteiger partial charge >= 0.3 is 0 Å². The van der Waals surface area contributed by atoms with Crippen LogP contribution in [-0.4, -0.2) is 36.4 Å². The van der Waals surface area contributed by atoms with Crippen molar-refractivity contribution in [3.8, 4) is 62.7 Å². The van der Waals surface area contributed by atoms with Gasteiger partial charge in [-0.1, -0.05) is 12.1 Å². The van der Waals surface area contributed by atoms with Gasteiger partial charge in [-0.2, -0.15) is 0 Å². The lowest BCUT2D eigenvalue weighted by Crippen LogP contribution is -2.21. The molecule has 0 bridgehead atoms. The zero-order chi connectivity index (χ0) is 28.3. The number of ketones is 1. The standard InChI is InChI=1S/C30H20O10/c31-15-5-1-13(2-6-15)23-11-21(37)25-17(33)9-19(35)27(29(25)39-23)28-20(36)10-18(34)26-22(38)12-24(40-30(26)28)14-3-7-16(32)8-4-14/h1-11,24,31-36H,12H2/t24-/m0/s1. The third-order valence-corrected chi connectivity index (χ3v) is 6.78. The fourth-order valence-corrected chi connectivity index (χ4v) is 4.90. The minimum atomic E-state index is -0.884. The SMILES string of the molecule is O=C1C[C@@H](c2ccc(O)cc2)Oc2c1c(O)cc(O)c2-c1c(O)cc(O)c2c(=O)cc(-c3ccc(O)cc3)oc12. The van der Waals surface area contributed by atoms with Crippen molar-refractivity contribution in [3.05, 3.63) is 88.1 Å². The van der Waals surface area contributed by atoms with Gasteiger partial charge in [0.05, 0.1) is 17.5 Å². The molecule has 1 aliphatic rings. The largest absolute Gasteiger partial charge is 0.508 e. The number of hydrogen-bond acceptors (Lipinski definition) is 10. The van der Waals surface area contributed by atoms with Crippen molar-refractivity contribution in [2.75, 3.05) is 0 Å². The van der Waals surface area contributed by atoms with Crippen LogP contribution < -0.4 is 10.2 Å². The van der Waals surface area contributed by atoms with Crippen molar-refractivity contribution in [1.82, 2.24) is 0 Å². The van der Waals surface area contributed by atoms with Crippen LogP contribution in [-0.2, 0) is 0 Å². The predicted molar refractivity (Wildman–Crippen MR) is 142 cm³/mol. The van der Waals surface area contributed by atoms with Gasteiger partial charge in [-0.3, -0.25) is 9.59 Å². The first-order valence-corrected chi connectivity index (χ1v) is 12.0. The highest BCUT2D eigenvalue weighted by molar-refractivity contribution is 6.09. The molecule has 1 aliphatic heterocycles. The third-order valence-electron chi connectivity index (χ3n) is 6.78. The molecule has 1 atom stereocenters. The number of carbonyl (C=O) groups excluding carboxylic acids is 1. The van der Waals surface area contributed by atoms with E-state index in [1.807, 2.05) is 0 Å². The van der Waals surface area contributed by atoms with Gasteiger partial charge in [0.15, 0.2) is 16.8 Å². The molecule has 0 aliphatic carbocycles. The lowest BCUT2D eigenvalue weighted by molar-refractivity contribution is 0.0846. The number of rotatable bonds is 3. The fourth-order valence-electron chi connectivity index (χ4n) is 4.90. The summed E-state index contributed by atoms with van der Waals surface area (Å²) in [6, 6.07) is 14.6. The fraction of sp³-hybridized carbons (Fsp3) is 0.0667. The van der Waals surface area contributed by atoms with Gasteiger partial charge in [0.1, 0.15) is 63.1 Å². The van der Waals surface area contributed by atoms with Crippen LogP contribution >= 0.6 is 0 Å². The van der Waals surface area contributed by atoms with E-state index in [1.165, 1.54) is 36.4 Å². The molecule has 0 amide bonds. The van der Waals surface area contributed by atoms with E-state index in [4.69, 9.17) is 9.15 Å². The molecular formula is C30H20O10. The van der Waals surface area contributed by atoms with Crippen molar-refractivity contribution in [2.24, 2.45) is 0 Å². The minimum absolute atomic E-state index is 0.00205. The molecule has 200 valence electrons. The van der Waals surface area contributed by atoms with Crippen LogP contribution in [0, 0.1) is 0 Å². The van der Waals surface area contributed by atoms with Gasteiger partial charge in [0.25, 0.3) is 0 Å². The molecule has 0 spiro atoms. The highest BCUT2D eigenvalue weighted by Gasteiger charge is 2.36. The Labute approximate surface area is 224 Å². The summed E-state index contributed by atoms with van der Waals surface area (Å²) >= 11 is 0. The monoisotopic (exact) mass is 540 g/mol. The lowest BCUT2D eigenvalue weighted by atomic mass is 9.90. The second kappa shape index (κ2) is 8.98. The Bertz CT molecular complexity index is 1890. The molecule has 0 fully saturated rings. The Kier molecular flexibility index (Phi) is 5.54. The second-order valence-electron chi connectivity index (χ2n) is 9.33. The van der Waals surface area contributed by atoms with E-state index in [-0.39, 0.29) is 57.1 Å². The molecule has 0 radical (unpaired) electrons. The quantitative estimate of drug-likeness (QED) is 0.181. The summed E-state index contributed by atoms with van der Waals surface area (Å²) in [4.78, 5) is 26.3. The smallest absolute Gasteiger partial charge is 0.197 e. The third kappa shape index (κ3) is 3.90. The Morgan fingerprint density at radius 1 is 0.650 bits per heavy atom. The number of Topliss-reactive ketones (excluding diaryl/α,β-unsaturated/α-hetero) is 1. The molecule has 10 nitrogen and oxygen atoms in total. The van der Waals surface area contributed by atoms with E-state index in [9.17, 15) is 40.2 Å². The first-order chi connectivity index (χ1) is 19.1. The first kappa shape index (κ1) is 24.7. The Morgan fingerprint density at radius 2 is 1.23 bits per heavy atom. The van der Waals surface area contributed by atoms with E-state index in [2.05, 4.69) is 0 Å². The molecule has 10 heteroatoms. The van der Waals surface area contributed by atoms with Crippen molar-refractivity contribution < 1.29 is 44.6 Å². The van der Waals surface area contributed by atoms with Crippen LogP contribution in [0.4, 0.5) is 0 Å². The summed E-state index contributed by atoms with van der Waals surface area (Å²) in [6.07, 6.45) is -1.05. The number of phenolic OH excluding ortho intramolecular Hbond substituents is 6. The predicted octanol–water partition coefficient (Wildman–Crippen LogP) is 5.07. The van der Waals surface area contributed by atoms with E-state index in [1.54, 1.807) is 12.1 Å². The lowest BCUT2D eigenvalue weighted by Gasteiger charge is -2.28. The Hall–Kier alpha value is -5.64. The summed E-state index contributed by atoms with van der Waals surface area (Å²) in [5, 5.41) is 62.1. The number of phenols is 6. The maximum Gasteiger partial charge on any atom is 0.197 e. The summed E-state index contributed by atoms with van der Waals surface area (Å²) < 4.78 is 12.1. The van der Waals surface area contributed by atoms with Gasteiger partial charge in [-0.25, -0.2) is 0 Å². The topological polar surface area (TPSA) is 178 Å². The van der Waals surface area contributed by atoms with Gasteiger partial charge in [-0.15, -0.1) is 0 Å². The van der Waals surface area contributed by atoms with Gasteiger partial charge < -0.3 is 39.8 Å². The maximum absolute atomic E-state index is 13.2. The van der Waals surface area contributed by atoms with Crippen LogP contribution in [0.25, 0.3) is 33.4 Å². The average Bonchev–Trinajstić information content (AvgIpc) is 2.90. The summed E-state index contributed by atoms with van der Waals surface area (Å²) in [6.45, 7) is 0. The van der Waals surface area contributed by atoms with Crippen LogP contribution in [0.5, 0.6) is 40.2 Å². The molecule has 4 aromatic carbocycles. The number of benzene rings is 4. The molecule has 1 aromatic heterocycles. The molecule has 0 unspecified atom stereocenters. The highest BCUT2D eigenvalue weighted by Crippen LogP contribution is 2.54. The Morgan fingerprint density at radius 3 is 1.90 bits per heavy atom. The van der Waals surface area contributed by atoms with Crippen LogP contribution in [0.3, 0.4) is 0 Å². The molecule has 6 N–H and O–H groups in total. The number of carbonyl (C=O) groups is 1. The first-order valence-electron chi connectivity index (χ1n) is 12.0. The van der Waals surface area contributed by atoms with E-state index >= 15 is 0 Å². The van der Waals surface area contributed by atoms with E-state index in [0.29, 0.717) is 11.1 Å². The molecular weight excluding hydrogens is 520 g/mol. The van der Waals surface area contributed by atoms with Gasteiger partial charge in [-0.05, 0) is 42.0 Å². The molecule has 2 heterocycles. The van der Waals surface area contributed by atoms with Crippen LogP contribution in [0.2, 0.25) is 0 Å². The maximum atomic E-state index is 13.2.